The molecule has 5 rings (SSSR count). The molecule has 1 heterocycles. The number of aliphatic imine (C=N–C) groups is 1. The highest BCUT2D eigenvalue weighted by atomic mass is 16.5. The summed E-state index contributed by atoms with van der Waals surface area (Å²) in [5, 5.41) is 3.42. The van der Waals surface area contributed by atoms with Crippen molar-refractivity contribution >= 4 is 33.6 Å². The average molecular weight is 376 g/mol. The van der Waals surface area contributed by atoms with Crippen LogP contribution in [0.2, 0.25) is 0 Å². The number of ether oxygens (including phenoxy) is 1. The summed E-state index contributed by atoms with van der Waals surface area (Å²) in [6, 6.07) is 31.0. The molecule has 4 aromatic carbocycles. The van der Waals surface area contributed by atoms with Crippen LogP contribution in [0.25, 0.3) is 32.9 Å². The molecular weight excluding hydrogens is 356 g/mol. The highest BCUT2D eigenvalue weighted by molar-refractivity contribution is 6.07. The van der Waals surface area contributed by atoms with E-state index in [1.807, 2.05) is 42.6 Å². The molecule has 0 saturated heterocycles. The average Bonchev–Trinajstić information content (AvgIpc) is 3.16. The molecule has 0 amide bonds. The maximum absolute atomic E-state index is 5.45. The maximum atomic E-state index is 5.45. The maximum Gasteiger partial charge on any atom is 0.119 e. The summed E-state index contributed by atoms with van der Waals surface area (Å²) in [7, 11) is 1.69. The third-order valence-corrected chi connectivity index (χ3v) is 5.21. The summed E-state index contributed by atoms with van der Waals surface area (Å²) < 4.78 is 5.45. The van der Waals surface area contributed by atoms with Crippen LogP contribution in [0.15, 0.2) is 96.0 Å². The number of methoxy groups -OCH3 is 1. The number of nitrogens with zero attached hydrogens (tertiary/aromatic N) is 1. The van der Waals surface area contributed by atoms with Crippen molar-refractivity contribution in [1.29, 1.82) is 0 Å². The largest absolute Gasteiger partial charge is 0.497 e. The van der Waals surface area contributed by atoms with E-state index in [1.165, 1.54) is 5.39 Å². The first-order valence-electron chi connectivity index (χ1n) is 9.60. The summed E-state index contributed by atoms with van der Waals surface area (Å²) >= 11 is 0. The molecule has 0 aliphatic heterocycles. The van der Waals surface area contributed by atoms with Gasteiger partial charge >= 0.3 is 0 Å². The van der Waals surface area contributed by atoms with Crippen LogP contribution in [0, 0.1) is 0 Å². The molecule has 0 bridgehead atoms. The molecule has 0 aliphatic rings. The van der Waals surface area contributed by atoms with E-state index in [9.17, 15) is 0 Å². The Morgan fingerprint density at radius 2 is 1.59 bits per heavy atom. The first-order chi connectivity index (χ1) is 14.3. The highest BCUT2D eigenvalue weighted by Gasteiger charge is 2.12. The molecule has 0 saturated carbocycles. The highest BCUT2D eigenvalue weighted by Crippen LogP contribution is 2.32. The zero-order chi connectivity index (χ0) is 19.6. The Morgan fingerprint density at radius 1 is 0.793 bits per heavy atom. The van der Waals surface area contributed by atoms with Crippen LogP contribution in [0.4, 0.5) is 5.69 Å². The number of hydrogen-bond acceptors (Lipinski definition) is 2. The van der Waals surface area contributed by atoms with Crippen LogP contribution in [0.1, 0.15) is 5.56 Å². The molecule has 140 valence electrons. The number of fused-ring (bicyclic) bond motifs is 2. The van der Waals surface area contributed by atoms with Crippen molar-refractivity contribution in [2.75, 3.05) is 7.11 Å². The van der Waals surface area contributed by atoms with Gasteiger partial charge in [-0.1, -0.05) is 66.7 Å². The molecule has 0 fully saturated rings. The van der Waals surface area contributed by atoms with Crippen LogP contribution in [-0.2, 0) is 0 Å². The number of benzene rings is 4. The predicted octanol–water partition coefficient (Wildman–Crippen LogP) is 6.75. The monoisotopic (exact) mass is 376 g/mol. The second kappa shape index (κ2) is 7.28. The van der Waals surface area contributed by atoms with Gasteiger partial charge in [-0.05, 0) is 35.2 Å². The Hall–Kier alpha value is -3.85. The third kappa shape index (κ3) is 3.17. The number of aromatic amines is 1. The molecule has 3 nitrogen and oxygen atoms in total. The molecule has 1 N–H and O–H groups in total. The fourth-order valence-electron chi connectivity index (χ4n) is 3.74. The van der Waals surface area contributed by atoms with Gasteiger partial charge < -0.3 is 9.72 Å². The summed E-state index contributed by atoms with van der Waals surface area (Å²) in [4.78, 5) is 8.44. The molecule has 0 aliphatic carbocycles. The predicted molar refractivity (Wildman–Crippen MR) is 121 cm³/mol. The van der Waals surface area contributed by atoms with Gasteiger partial charge in [-0.3, -0.25) is 4.99 Å². The minimum atomic E-state index is 0.830. The lowest BCUT2D eigenvalue weighted by atomic mass is 10.1. The Bertz CT molecular complexity index is 1330. The Balaban J connectivity index is 1.71. The third-order valence-electron chi connectivity index (χ3n) is 5.21. The SMILES string of the molecule is COc1ccc2[nH]c(-c3ccccc3)c(C=Nc3cccc4ccccc34)c2c1. The molecular formula is C26H20N2O. The van der Waals surface area contributed by atoms with Crippen LogP contribution < -0.4 is 4.74 Å². The van der Waals surface area contributed by atoms with Gasteiger partial charge in [-0.25, -0.2) is 0 Å². The first kappa shape index (κ1) is 17.3. The Kier molecular flexibility index (Phi) is 4.34. The van der Waals surface area contributed by atoms with E-state index in [2.05, 4.69) is 59.6 Å². The zero-order valence-corrected chi connectivity index (χ0v) is 16.1. The standard InChI is InChI=1S/C26H20N2O/c1-29-20-14-15-25-22(16-20)23(26(28-25)19-9-3-2-4-10-19)17-27-24-13-7-11-18-8-5-6-12-21(18)24/h2-17,28H,1H3. The van der Waals surface area contributed by atoms with Crippen molar-refractivity contribution in [1.82, 2.24) is 4.98 Å². The lowest BCUT2D eigenvalue weighted by Gasteiger charge is -2.03. The van der Waals surface area contributed by atoms with E-state index in [1.54, 1.807) is 7.11 Å². The van der Waals surface area contributed by atoms with Gasteiger partial charge in [-0.15, -0.1) is 0 Å². The van der Waals surface area contributed by atoms with Crippen molar-refractivity contribution in [2.24, 2.45) is 4.99 Å². The minimum absolute atomic E-state index is 0.830. The van der Waals surface area contributed by atoms with Crippen molar-refractivity contribution in [3.05, 3.63) is 96.6 Å². The van der Waals surface area contributed by atoms with Crippen molar-refractivity contribution in [3.8, 4) is 17.0 Å². The molecule has 3 heteroatoms. The van der Waals surface area contributed by atoms with Gasteiger partial charge in [0.15, 0.2) is 0 Å². The normalized spacial score (nSPS) is 11.5. The van der Waals surface area contributed by atoms with E-state index in [0.717, 1.165) is 44.5 Å². The first-order valence-corrected chi connectivity index (χ1v) is 9.60. The van der Waals surface area contributed by atoms with Crippen LogP contribution >= 0.6 is 0 Å². The van der Waals surface area contributed by atoms with E-state index >= 15 is 0 Å². The second-order valence-electron chi connectivity index (χ2n) is 6.95. The zero-order valence-electron chi connectivity index (χ0n) is 16.1. The second-order valence-corrected chi connectivity index (χ2v) is 6.95. The quantitative estimate of drug-likeness (QED) is 0.346. The van der Waals surface area contributed by atoms with E-state index in [0.29, 0.717) is 0 Å². The van der Waals surface area contributed by atoms with Gasteiger partial charge in [-0.2, -0.15) is 0 Å². The fourth-order valence-corrected chi connectivity index (χ4v) is 3.74. The van der Waals surface area contributed by atoms with Gasteiger partial charge in [0.05, 0.1) is 18.5 Å². The molecule has 0 spiro atoms. The number of rotatable bonds is 4. The topological polar surface area (TPSA) is 37.4 Å². The summed E-state index contributed by atoms with van der Waals surface area (Å²) in [6.07, 6.45) is 1.96. The van der Waals surface area contributed by atoms with E-state index in [-0.39, 0.29) is 0 Å². The summed E-state index contributed by atoms with van der Waals surface area (Å²) in [5.41, 5.74) is 5.25. The smallest absolute Gasteiger partial charge is 0.119 e. The molecule has 5 aromatic rings. The number of aromatic nitrogens is 1. The number of hydrogen-bond donors (Lipinski definition) is 1. The van der Waals surface area contributed by atoms with E-state index in [4.69, 9.17) is 9.73 Å². The molecule has 1 aromatic heterocycles. The number of H-pyrrole nitrogens is 1. The van der Waals surface area contributed by atoms with Gasteiger partial charge in [0.25, 0.3) is 0 Å². The van der Waals surface area contributed by atoms with Crippen LogP contribution in [-0.4, -0.2) is 18.3 Å². The Labute approximate surface area is 169 Å². The molecule has 0 unspecified atom stereocenters. The van der Waals surface area contributed by atoms with Gasteiger partial charge in [0.2, 0.25) is 0 Å². The minimum Gasteiger partial charge on any atom is -0.497 e. The lowest BCUT2D eigenvalue weighted by Crippen LogP contribution is -1.86. The lowest BCUT2D eigenvalue weighted by molar-refractivity contribution is 0.415. The molecule has 0 radical (unpaired) electrons. The number of nitrogens with one attached hydrogen (secondary N) is 1. The Morgan fingerprint density at radius 3 is 2.45 bits per heavy atom. The molecule has 29 heavy (non-hydrogen) atoms. The van der Waals surface area contributed by atoms with Crippen LogP contribution in [0.3, 0.4) is 0 Å². The molecule has 0 atom stereocenters. The summed E-state index contributed by atoms with van der Waals surface area (Å²) in [5.74, 6) is 0.830. The van der Waals surface area contributed by atoms with E-state index < -0.39 is 0 Å². The fraction of sp³-hybridized carbons (Fsp3) is 0.0385. The van der Waals surface area contributed by atoms with Crippen molar-refractivity contribution in [3.63, 3.8) is 0 Å². The van der Waals surface area contributed by atoms with Crippen molar-refractivity contribution < 1.29 is 4.74 Å². The van der Waals surface area contributed by atoms with Gasteiger partial charge in [0, 0.05) is 28.1 Å². The summed E-state index contributed by atoms with van der Waals surface area (Å²) in [6.45, 7) is 0. The van der Waals surface area contributed by atoms with Crippen molar-refractivity contribution in [2.45, 2.75) is 0 Å². The van der Waals surface area contributed by atoms with Crippen LogP contribution in [0.5, 0.6) is 5.75 Å². The van der Waals surface area contributed by atoms with Gasteiger partial charge in [0.1, 0.15) is 5.75 Å².